The van der Waals surface area contributed by atoms with Gasteiger partial charge in [0.15, 0.2) is 0 Å². The standard InChI is InChI=1S/C14H12O3S/c1-17-10-7-8-13(12(9-10)14(15)16)18-11-5-3-2-4-6-11/h2-9H,1H3,(H,15,16). The summed E-state index contributed by atoms with van der Waals surface area (Å²) in [5.41, 5.74) is 0.253. The van der Waals surface area contributed by atoms with Crippen LogP contribution in [0.3, 0.4) is 0 Å². The summed E-state index contributed by atoms with van der Waals surface area (Å²) in [5, 5.41) is 9.19. The number of carboxylic acids is 1. The van der Waals surface area contributed by atoms with Crippen molar-refractivity contribution in [1.29, 1.82) is 0 Å². The Morgan fingerprint density at radius 3 is 2.50 bits per heavy atom. The molecule has 1 N–H and O–H groups in total. The summed E-state index contributed by atoms with van der Waals surface area (Å²) in [5.74, 6) is -0.405. The number of rotatable bonds is 4. The Hall–Kier alpha value is -1.94. The maximum Gasteiger partial charge on any atom is 0.336 e. The Labute approximate surface area is 109 Å². The van der Waals surface area contributed by atoms with Crippen molar-refractivity contribution in [2.45, 2.75) is 9.79 Å². The van der Waals surface area contributed by atoms with E-state index in [1.165, 1.54) is 24.9 Å². The minimum absolute atomic E-state index is 0.253. The van der Waals surface area contributed by atoms with E-state index in [1.54, 1.807) is 12.1 Å². The van der Waals surface area contributed by atoms with Gasteiger partial charge in [0, 0.05) is 9.79 Å². The van der Waals surface area contributed by atoms with E-state index in [4.69, 9.17) is 4.74 Å². The third-order valence-electron chi connectivity index (χ3n) is 2.39. The lowest BCUT2D eigenvalue weighted by Gasteiger charge is -2.07. The maximum atomic E-state index is 11.2. The highest BCUT2D eigenvalue weighted by Crippen LogP contribution is 2.32. The lowest BCUT2D eigenvalue weighted by atomic mass is 10.2. The number of hydrogen-bond acceptors (Lipinski definition) is 3. The van der Waals surface area contributed by atoms with Crippen LogP contribution in [0.15, 0.2) is 58.3 Å². The average molecular weight is 260 g/mol. The molecule has 0 heterocycles. The van der Waals surface area contributed by atoms with E-state index in [0.29, 0.717) is 10.6 Å². The molecule has 2 aromatic carbocycles. The second-order valence-electron chi connectivity index (χ2n) is 3.58. The van der Waals surface area contributed by atoms with Gasteiger partial charge < -0.3 is 9.84 Å². The van der Waals surface area contributed by atoms with Crippen LogP contribution in [-0.4, -0.2) is 18.2 Å². The van der Waals surface area contributed by atoms with Gasteiger partial charge in [-0.05, 0) is 30.3 Å². The van der Waals surface area contributed by atoms with Gasteiger partial charge in [-0.1, -0.05) is 30.0 Å². The zero-order chi connectivity index (χ0) is 13.0. The van der Waals surface area contributed by atoms with Gasteiger partial charge >= 0.3 is 5.97 Å². The topological polar surface area (TPSA) is 46.5 Å². The van der Waals surface area contributed by atoms with Crippen LogP contribution >= 0.6 is 11.8 Å². The number of carbonyl (C=O) groups is 1. The molecule has 0 saturated carbocycles. The zero-order valence-corrected chi connectivity index (χ0v) is 10.6. The molecule has 2 rings (SSSR count). The summed E-state index contributed by atoms with van der Waals surface area (Å²) < 4.78 is 5.04. The third kappa shape index (κ3) is 2.84. The van der Waals surface area contributed by atoms with Gasteiger partial charge in [0.1, 0.15) is 5.75 Å². The van der Waals surface area contributed by atoms with E-state index < -0.39 is 5.97 Å². The van der Waals surface area contributed by atoms with Crippen molar-refractivity contribution in [3.8, 4) is 5.75 Å². The number of aromatic carboxylic acids is 1. The molecular formula is C14H12O3S. The van der Waals surface area contributed by atoms with Gasteiger partial charge in [-0.2, -0.15) is 0 Å². The molecule has 0 aromatic heterocycles. The van der Waals surface area contributed by atoms with Crippen molar-refractivity contribution in [3.05, 3.63) is 54.1 Å². The van der Waals surface area contributed by atoms with Gasteiger partial charge in [-0.25, -0.2) is 4.79 Å². The SMILES string of the molecule is COc1ccc(Sc2ccccc2)c(C(=O)O)c1. The molecule has 92 valence electrons. The smallest absolute Gasteiger partial charge is 0.336 e. The second kappa shape index (κ2) is 5.60. The molecular weight excluding hydrogens is 248 g/mol. The van der Waals surface area contributed by atoms with Gasteiger partial charge in [0.05, 0.1) is 12.7 Å². The van der Waals surface area contributed by atoms with Crippen molar-refractivity contribution in [2.75, 3.05) is 7.11 Å². The molecule has 4 heteroatoms. The first kappa shape index (κ1) is 12.5. The number of benzene rings is 2. The van der Waals surface area contributed by atoms with Crippen molar-refractivity contribution < 1.29 is 14.6 Å². The highest BCUT2D eigenvalue weighted by Gasteiger charge is 2.12. The van der Waals surface area contributed by atoms with E-state index >= 15 is 0 Å². The number of hydrogen-bond donors (Lipinski definition) is 1. The Kier molecular flexibility index (Phi) is 3.89. The molecule has 0 amide bonds. The van der Waals surface area contributed by atoms with Crippen LogP contribution in [0, 0.1) is 0 Å². The van der Waals surface area contributed by atoms with Gasteiger partial charge in [0.25, 0.3) is 0 Å². The molecule has 0 aliphatic carbocycles. The Bertz CT molecular complexity index is 552. The molecule has 0 aliphatic rings. The third-order valence-corrected chi connectivity index (χ3v) is 3.47. The highest BCUT2D eigenvalue weighted by molar-refractivity contribution is 7.99. The Morgan fingerprint density at radius 2 is 1.89 bits per heavy atom. The van der Waals surface area contributed by atoms with Crippen LogP contribution in [0.25, 0.3) is 0 Å². The number of ether oxygens (including phenoxy) is 1. The second-order valence-corrected chi connectivity index (χ2v) is 4.70. The minimum Gasteiger partial charge on any atom is -0.497 e. The summed E-state index contributed by atoms with van der Waals surface area (Å²) >= 11 is 1.43. The van der Waals surface area contributed by atoms with E-state index in [0.717, 1.165) is 4.90 Å². The lowest BCUT2D eigenvalue weighted by Crippen LogP contribution is -1.99. The molecule has 0 bridgehead atoms. The van der Waals surface area contributed by atoms with Crippen LogP contribution in [0.1, 0.15) is 10.4 Å². The van der Waals surface area contributed by atoms with Gasteiger partial charge in [-0.3, -0.25) is 0 Å². The van der Waals surface area contributed by atoms with Crippen LogP contribution < -0.4 is 4.74 Å². The van der Waals surface area contributed by atoms with Crippen molar-refractivity contribution in [2.24, 2.45) is 0 Å². The predicted octanol–water partition coefficient (Wildman–Crippen LogP) is 3.54. The molecule has 3 nitrogen and oxygen atoms in total. The summed E-state index contributed by atoms with van der Waals surface area (Å²) in [6, 6.07) is 14.7. The highest BCUT2D eigenvalue weighted by atomic mass is 32.2. The molecule has 0 radical (unpaired) electrons. The Balaban J connectivity index is 2.35. The summed E-state index contributed by atoms with van der Waals surface area (Å²) in [7, 11) is 1.52. The van der Waals surface area contributed by atoms with E-state index in [9.17, 15) is 9.90 Å². The van der Waals surface area contributed by atoms with Crippen LogP contribution in [0.4, 0.5) is 0 Å². The van der Waals surface area contributed by atoms with Crippen molar-refractivity contribution in [3.63, 3.8) is 0 Å². The van der Waals surface area contributed by atoms with Gasteiger partial charge in [0.2, 0.25) is 0 Å². The van der Waals surface area contributed by atoms with Crippen LogP contribution in [0.2, 0.25) is 0 Å². The molecule has 0 aliphatic heterocycles. The zero-order valence-electron chi connectivity index (χ0n) is 9.79. The molecule has 0 spiro atoms. The first-order valence-corrected chi connectivity index (χ1v) is 6.16. The van der Waals surface area contributed by atoms with Crippen LogP contribution in [-0.2, 0) is 0 Å². The summed E-state index contributed by atoms with van der Waals surface area (Å²) in [6.07, 6.45) is 0. The van der Waals surface area contributed by atoms with Crippen LogP contribution in [0.5, 0.6) is 5.75 Å². The van der Waals surface area contributed by atoms with E-state index in [1.807, 2.05) is 30.3 Å². The van der Waals surface area contributed by atoms with E-state index in [-0.39, 0.29) is 5.56 Å². The fraction of sp³-hybridized carbons (Fsp3) is 0.0714. The van der Waals surface area contributed by atoms with Crippen molar-refractivity contribution >= 4 is 17.7 Å². The Morgan fingerprint density at radius 1 is 1.17 bits per heavy atom. The molecule has 0 unspecified atom stereocenters. The number of carboxylic acid groups (broad SMARTS) is 1. The normalized spacial score (nSPS) is 10.1. The summed E-state index contributed by atoms with van der Waals surface area (Å²) in [6.45, 7) is 0. The van der Waals surface area contributed by atoms with Gasteiger partial charge in [-0.15, -0.1) is 0 Å². The first-order chi connectivity index (χ1) is 8.70. The lowest BCUT2D eigenvalue weighted by molar-refractivity contribution is 0.0692. The molecule has 0 saturated heterocycles. The fourth-order valence-corrected chi connectivity index (χ4v) is 2.45. The van der Waals surface area contributed by atoms with E-state index in [2.05, 4.69) is 0 Å². The molecule has 0 atom stereocenters. The molecule has 18 heavy (non-hydrogen) atoms. The fourth-order valence-electron chi connectivity index (χ4n) is 1.51. The first-order valence-electron chi connectivity index (χ1n) is 5.35. The predicted molar refractivity (Wildman–Crippen MR) is 70.5 cm³/mol. The molecule has 2 aromatic rings. The minimum atomic E-state index is -0.952. The molecule has 0 fully saturated rings. The summed E-state index contributed by atoms with van der Waals surface area (Å²) in [4.78, 5) is 12.9. The largest absolute Gasteiger partial charge is 0.497 e. The average Bonchev–Trinajstić information content (AvgIpc) is 2.40. The maximum absolute atomic E-state index is 11.2. The monoisotopic (exact) mass is 260 g/mol. The van der Waals surface area contributed by atoms with Crippen molar-refractivity contribution in [1.82, 2.24) is 0 Å². The quantitative estimate of drug-likeness (QED) is 0.913. The number of methoxy groups -OCH3 is 1.